The Morgan fingerprint density at radius 3 is 1.20 bits per heavy atom. The fourth-order valence-electron chi connectivity index (χ4n) is 10.9. The Balaban J connectivity index is 1.22. The molecule has 0 aliphatic carbocycles. The largest absolute Gasteiger partial charge is 0.394 e. The van der Waals surface area contributed by atoms with Crippen LogP contribution in [0.5, 0.6) is 0 Å². The Hall–Kier alpha value is -2.83. The number of carbonyl (C=O) groups excluding carboxylic acids is 3. The van der Waals surface area contributed by atoms with E-state index >= 15 is 0 Å². The quantitative estimate of drug-likeness (QED) is 0.0538. The average molecular weight is 1240 g/mol. The third-order valence-corrected chi connectivity index (χ3v) is 15.7. The average Bonchev–Trinajstić information content (AvgIpc) is 3.62. The summed E-state index contributed by atoms with van der Waals surface area (Å²) in [7, 11) is 0. The van der Waals surface area contributed by atoms with Gasteiger partial charge in [0.25, 0.3) is 0 Å². The second-order valence-electron chi connectivity index (χ2n) is 21.8. The van der Waals surface area contributed by atoms with Gasteiger partial charge in [-0.1, -0.05) is 0 Å². The number of nitrogens with one attached hydrogen (secondary N) is 3. The molecule has 492 valence electrons. The molecule has 37 nitrogen and oxygen atoms in total. The van der Waals surface area contributed by atoms with Gasteiger partial charge >= 0.3 is 0 Å². The number of rotatable bonds is 20. The molecule has 7 saturated heterocycles. The molecule has 7 rings (SSSR count). The molecule has 7 aliphatic rings. The number of aliphatic hydroxyl groups excluding tert-OH is 18. The second-order valence-corrected chi connectivity index (χ2v) is 21.8. The van der Waals surface area contributed by atoms with Crippen LogP contribution in [-0.4, -0.2) is 357 Å². The monoisotopic (exact) mass is 1240 g/mol. The summed E-state index contributed by atoms with van der Waals surface area (Å²) in [6.07, 6.45) is -61.0. The smallest absolute Gasteiger partial charge is 0.217 e. The molecule has 21 N–H and O–H groups in total. The molecular formula is C48H81N3O34. The summed E-state index contributed by atoms with van der Waals surface area (Å²) in [6, 6.07) is -5.09. The third kappa shape index (κ3) is 15.3. The van der Waals surface area contributed by atoms with Gasteiger partial charge in [0.05, 0.1) is 45.2 Å². The molecule has 35 atom stereocenters. The van der Waals surface area contributed by atoms with E-state index in [-0.39, 0.29) is 0 Å². The predicted molar refractivity (Wildman–Crippen MR) is 264 cm³/mol. The standard InChI is InChI=1S/C48H81N3O34/c1-11-24(59)32(67)35(70)45(74-11)84-40-34(69)27(62)17(7-53)79-47(40)83-39-29(64)19(9-55)80-48(41(39)85-46-36(71)33(68)25(60)12(2)75-46)82-37-22(50-14(4)57)42(72)76-20(30(37)65)10-73-43-23(51-15(5)58)38(28(63)18(8-54)77-43)81-44-21(49-13(3)56)31(66)26(61)16(6-52)78-44/h11-12,16-48,52-55,59-72H,6-10H2,1-5H3,(H,49,56)(H,50,57)(H,51,58)/t11-,12-,16+,17+,18+,19+,20+,21+,22+,23+,24+,25+,26+,27-,28+,29-,30-,31+,32+,33+,34-,35-,36-,37+,38+,39-,40+,41+,42-,43+,44-,45-,46-,47-,48-/m0/s1. The van der Waals surface area contributed by atoms with Crippen molar-refractivity contribution in [2.45, 2.75) is 249 Å². The predicted octanol–water partition coefficient (Wildman–Crippen LogP) is -13.8. The second kappa shape index (κ2) is 29.9. The summed E-state index contributed by atoms with van der Waals surface area (Å²) in [5, 5.41) is 204. The van der Waals surface area contributed by atoms with Crippen LogP contribution in [0.3, 0.4) is 0 Å². The molecule has 37 heteroatoms. The molecule has 0 aromatic rings. The number of amides is 3. The maximum absolute atomic E-state index is 12.8. The zero-order chi connectivity index (χ0) is 62.8. The van der Waals surface area contributed by atoms with Gasteiger partial charge in [-0.15, -0.1) is 0 Å². The van der Waals surface area contributed by atoms with Crippen molar-refractivity contribution in [3.05, 3.63) is 0 Å². The highest BCUT2D eigenvalue weighted by molar-refractivity contribution is 5.74. The molecule has 0 radical (unpaired) electrons. The highest BCUT2D eigenvalue weighted by atomic mass is 16.8. The van der Waals surface area contributed by atoms with Crippen molar-refractivity contribution in [1.29, 1.82) is 0 Å². The van der Waals surface area contributed by atoms with Crippen LogP contribution < -0.4 is 16.0 Å². The van der Waals surface area contributed by atoms with E-state index in [1.165, 1.54) is 13.8 Å². The normalized spacial score (nSPS) is 49.8. The van der Waals surface area contributed by atoms with E-state index in [1.54, 1.807) is 0 Å². The number of ether oxygens (including phenoxy) is 13. The molecule has 7 aliphatic heterocycles. The Bertz CT molecular complexity index is 2150. The highest BCUT2D eigenvalue weighted by Gasteiger charge is 2.59. The minimum atomic E-state index is -2.24. The van der Waals surface area contributed by atoms with Crippen molar-refractivity contribution in [3.63, 3.8) is 0 Å². The van der Waals surface area contributed by atoms with Gasteiger partial charge in [0, 0.05) is 20.8 Å². The molecule has 0 aromatic carbocycles. The zero-order valence-electron chi connectivity index (χ0n) is 46.3. The summed E-state index contributed by atoms with van der Waals surface area (Å²) in [5.74, 6) is -2.45. The summed E-state index contributed by atoms with van der Waals surface area (Å²) in [6.45, 7) is 0.713. The molecule has 0 aromatic heterocycles. The summed E-state index contributed by atoms with van der Waals surface area (Å²) >= 11 is 0. The first-order valence-corrected chi connectivity index (χ1v) is 27.3. The molecular weight excluding hydrogens is 1160 g/mol. The lowest BCUT2D eigenvalue weighted by Gasteiger charge is -2.51. The van der Waals surface area contributed by atoms with E-state index in [2.05, 4.69) is 16.0 Å². The lowest BCUT2D eigenvalue weighted by molar-refractivity contribution is -0.410. The maximum atomic E-state index is 12.8. The minimum absolute atomic E-state index is 0.752. The van der Waals surface area contributed by atoms with Gasteiger partial charge in [-0.25, -0.2) is 0 Å². The number of hydrogen-bond acceptors (Lipinski definition) is 34. The van der Waals surface area contributed by atoms with E-state index in [0.29, 0.717) is 0 Å². The van der Waals surface area contributed by atoms with E-state index in [4.69, 9.17) is 61.6 Å². The molecule has 3 amide bonds. The van der Waals surface area contributed by atoms with E-state index in [1.807, 2.05) is 0 Å². The van der Waals surface area contributed by atoms with Crippen molar-refractivity contribution in [3.8, 4) is 0 Å². The van der Waals surface area contributed by atoms with Gasteiger partial charge in [0.15, 0.2) is 44.0 Å². The molecule has 0 unspecified atom stereocenters. The Morgan fingerprint density at radius 1 is 0.329 bits per heavy atom. The maximum Gasteiger partial charge on any atom is 0.217 e. The van der Waals surface area contributed by atoms with Crippen molar-refractivity contribution >= 4 is 17.7 Å². The molecule has 85 heavy (non-hydrogen) atoms. The Kier molecular flexibility index (Phi) is 24.5. The topological polar surface area (TPSA) is 571 Å². The number of hydrogen-bond donors (Lipinski definition) is 21. The first kappa shape index (κ1) is 69.6. The molecule has 0 saturated carbocycles. The molecule has 0 spiro atoms. The third-order valence-electron chi connectivity index (χ3n) is 15.7. The van der Waals surface area contributed by atoms with Gasteiger partial charge in [-0.3, -0.25) is 14.4 Å². The lowest BCUT2D eigenvalue weighted by atomic mass is 9.94. The molecule has 0 bridgehead atoms. The SMILES string of the molecule is CC(=O)N[C@@H]1[C@@H](O[C@@H]2O[C@H](CO)[C@H](O)[C@H](O[C@@H]3O[C@H](CO)[C@H](O)[C@H](O)[C@H]3O[C@@H]3O[C@@H](C)[C@@H](O)[C@@H](O)[C@@H]3O)[C@H]2O[C@@H]2O[C@@H](C)[C@@H](O)[C@@H](O)[C@@H]2O)[C@@H](O)[C@@H](CO[C@@H]2O[C@H](CO)[C@@H](O)[C@H](O[C@@H]3O[C@H](CO)[C@@H](O)[C@H](O)[C@H]3NC(C)=O)[C@H]2NC(C)=O)O[C@@H]1O. The minimum Gasteiger partial charge on any atom is -0.394 e. The summed E-state index contributed by atoms with van der Waals surface area (Å²) < 4.78 is 77.0. The Morgan fingerprint density at radius 2 is 0.694 bits per heavy atom. The van der Waals surface area contributed by atoms with Gasteiger partial charge < -0.3 is 169 Å². The first-order chi connectivity index (χ1) is 40.1. The summed E-state index contributed by atoms with van der Waals surface area (Å²) in [5.41, 5.74) is 0. The van der Waals surface area contributed by atoms with Crippen molar-refractivity contribution in [2.24, 2.45) is 0 Å². The van der Waals surface area contributed by atoms with Crippen LogP contribution in [0.15, 0.2) is 0 Å². The van der Waals surface area contributed by atoms with Gasteiger partial charge in [-0.05, 0) is 13.8 Å². The van der Waals surface area contributed by atoms with Crippen molar-refractivity contribution in [2.75, 3.05) is 33.0 Å². The van der Waals surface area contributed by atoms with Crippen LogP contribution in [0.2, 0.25) is 0 Å². The summed E-state index contributed by atoms with van der Waals surface area (Å²) in [4.78, 5) is 37.8. The van der Waals surface area contributed by atoms with Crippen LogP contribution in [0.25, 0.3) is 0 Å². The van der Waals surface area contributed by atoms with Gasteiger partial charge in [0.2, 0.25) is 17.7 Å². The van der Waals surface area contributed by atoms with Crippen LogP contribution in [0.4, 0.5) is 0 Å². The fraction of sp³-hybridized carbons (Fsp3) is 0.938. The van der Waals surface area contributed by atoms with E-state index in [9.17, 15) is 106 Å². The van der Waals surface area contributed by atoms with Crippen molar-refractivity contribution in [1.82, 2.24) is 16.0 Å². The highest BCUT2D eigenvalue weighted by Crippen LogP contribution is 2.38. The number of aliphatic hydroxyl groups is 18. The number of carbonyl (C=O) groups is 3. The van der Waals surface area contributed by atoms with Gasteiger partial charge in [-0.2, -0.15) is 0 Å². The van der Waals surface area contributed by atoms with Gasteiger partial charge in [0.1, 0.15) is 159 Å². The fourth-order valence-corrected chi connectivity index (χ4v) is 10.9. The van der Waals surface area contributed by atoms with Crippen LogP contribution in [-0.2, 0) is 76.0 Å². The Labute approximate surface area is 483 Å². The zero-order valence-corrected chi connectivity index (χ0v) is 46.3. The lowest BCUT2D eigenvalue weighted by Crippen LogP contribution is -2.70. The van der Waals surface area contributed by atoms with Crippen LogP contribution >= 0.6 is 0 Å². The van der Waals surface area contributed by atoms with Crippen LogP contribution in [0, 0.1) is 0 Å². The molecule has 7 heterocycles. The van der Waals surface area contributed by atoms with Crippen molar-refractivity contribution < 1.29 is 168 Å². The molecule has 7 fully saturated rings. The van der Waals surface area contributed by atoms with E-state index in [0.717, 1.165) is 20.8 Å². The van der Waals surface area contributed by atoms with E-state index < -0.39 is 266 Å². The van der Waals surface area contributed by atoms with Crippen LogP contribution in [0.1, 0.15) is 34.6 Å². The first-order valence-electron chi connectivity index (χ1n) is 27.3.